The van der Waals surface area contributed by atoms with Gasteiger partial charge in [0.05, 0.1) is 13.1 Å². The molecular weight excluding hydrogens is 366 g/mol. The van der Waals surface area contributed by atoms with Gasteiger partial charge in [0.1, 0.15) is 12.7 Å². The van der Waals surface area contributed by atoms with Gasteiger partial charge >= 0.3 is 0 Å². The van der Waals surface area contributed by atoms with Crippen molar-refractivity contribution in [3.05, 3.63) is 42.5 Å². The Labute approximate surface area is 170 Å². The van der Waals surface area contributed by atoms with E-state index in [1.807, 2.05) is 24.3 Å². The van der Waals surface area contributed by atoms with E-state index in [0.717, 1.165) is 30.5 Å². The Morgan fingerprint density at radius 1 is 1.10 bits per heavy atom. The van der Waals surface area contributed by atoms with E-state index < -0.39 is 0 Å². The minimum Gasteiger partial charge on any atom is -0.347 e. The maximum absolute atomic E-state index is 13.0. The average Bonchev–Trinajstić information content (AvgIpc) is 3.18. The first-order valence-corrected chi connectivity index (χ1v) is 10.6. The first-order valence-electron chi connectivity index (χ1n) is 10.6. The molecule has 7 heteroatoms. The van der Waals surface area contributed by atoms with Gasteiger partial charge in [0, 0.05) is 11.1 Å². The fourth-order valence-electron chi connectivity index (χ4n) is 6.19. The third kappa shape index (κ3) is 3.78. The van der Waals surface area contributed by atoms with Crippen LogP contribution in [0.2, 0.25) is 0 Å². The third-order valence-electron chi connectivity index (χ3n) is 6.95. The van der Waals surface area contributed by atoms with E-state index in [1.165, 1.54) is 25.6 Å². The van der Waals surface area contributed by atoms with Gasteiger partial charge < -0.3 is 10.6 Å². The van der Waals surface area contributed by atoms with Crippen LogP contribution in [0.1, 0.15) is 44.1 Å². The Hall–Kier alpha value is -2.70. The molecule has 152 valence electrons. The summed E-state index contributed by atoms with van der Waals surface area (Å²) < 4.78 is 1.73. The molecule has 4 saturated carbocycles. The van der Waals surface area contributed by atoms with E-state index in [0.29, 0.717) is 24.3 Å². The Balaban J connectivity index is 1.16. The van der Waals surface area contributed by atoms with Gasteiger partial charge in [0.25, 0.3) is 0 Å². The fraction of sp³-hybridized carbons (Fsp3) is 0.545. The molecule has 0 atom stereocenters. The third-order valence-corrected chi connectivity index (χ3v) is 6.95. The SMILES string of the molecule is O=C(CNC(=O)C12CC3CC(CC(C3)C1)C2)Nc1cccc(Cn2cncn2)c1. The van der Waals surface area contributed by atoms with Gasteiger partial charge in [-0.25, -0.2) is 9.67 Å². The molecule has 0 aliphatic heterocycles. The van der Waals surface area contributed by atoms with Crippen molar-refractivity contribution in [3.63, 3.8) is 0 Å². The molecule has 2 amide bonds. The minimum absolute atomic E-state index is 0.0217. The summed E-state index contributed by atoms with van der Waals surface area (Å²) in [6.07, 6.45) is 10.1. The minimum atomic E-state index is -0.216. The summed E-state index contributed by atoms with van der Waals surface area (Å²) in [6.45, 7) is 0.611. The van der Waals surface area contributed by atoms with Crippen molar-refractivity contribution in [2.75, 3.05) is 11.9 Å². The molecular formula is C22H27N5O2. The summed E-state index contributed by atoms with van der Waals surface area (Å²) in [6, 6.07) is 7.65. The van der Waals surface area contributed by atoms with E-state index in [-0.39, 0.29) is 23.8 Å². The predicted octanol–water partition coefficient (Wildman–Crippen LogP) is 2.60. The summed E-state index contributed by atoms with van der Waals surface area (Å²) >= 11 is 0. The lowest BCUT2D eigenvalue weighted by Gasteiger charge is -2.55. The largest absolute Gasteiger partial charge is 0.347 e. The van der Waals surface area contributed by atoms with Crippen LogP contribution in [0.4, 0.5) is 5.69 Å². The highest BCUT2D eigenvalue weighted by atomic mass is 16.2. The highest BCUT2D eigenvalue weighted by Crippen LogP contribution is 2.60. The lowest BCUT2D eigenvalue weighted by Crippen LogP contribution is -2.54. The number of hydrogen-bond donors (Lipinski definition) is 2. The number of hydrogen-bond acceptors (Lipinski definition) is 4. The zero-order chi connectivity index (χ0) is 19.8. The maximum Gasteiger partial charge on any atom is 0.243 e. The average molecular weight is 393 g/mol. The topological polar surface area (TPSA) is 88.9 Å². The number of aromatic nitrogens is 3. The van der Waals surface area contributed by atoms with E-state index >= 15 is 0 Å². The van der Waals surface area contributed by atoms with Crippen molar-refractivity contribution in [2.24, 2.45) is 23.2 Å². The van der Waals surface area contributed by atoms with Gasteiger partial charge in [0.2, 0.25) is 11.8 Å². The standard InChI is InChI=1S/C22H27N5O2/c28-20(26-19-3-1-2-15(7-19)12-27-14-23-13-25-27)11-24-21(29)22-8-16-4-17(9-22)6-18(5-16)10-22/h1-3,7,13-14,16-18H,4-6,8-12H2,(H,24,29)(H,26,28). The summed E-state index contributed by atoms with van der Waals surface area (Å²) in [5.41, 5.74) is 1.52. The highest BCUT2D eigenvalue weighted by Gasteiger charge is 2.54. The van der Waals surface area contributed by atoms with Crippen LogP contribution < -0.4 is 10.6 Å². The number of nitrogens with one attached hydrogen (secondary N) is 2. The monoisotopic (exact) mass is 393 g/mol. The number of carbonyl (C=O) groups is 2. The van der Waals surface area contributed by atoms with Crippen LogP contribution in [0.25, 0.3) is 0 Å². The summed E-state index contributed by atoms with van der Waals surface area (Å²) in [4.78, 5) is 29.3. The smallest absolute Gasteiger partial charge is 0.243 e. The van der Waals surface area contributed by atoms with Gasteiger partial charge in [-0.3, -0.25) is 9.59 Å². The Morgan fingerprint density at radius 2 is 1.83 bits per heavy atom. The molecule has 0 spiro atoms. The summed E-state index contributed by atoms with van der Waals surface area (Å²) in [7, 11) is 0. The second kappa shape index (κ2) is 7.28. The van der Waals surface area contributed by atoms with E-state index in [4.69, 9.17) is 0 Å². The van der Waals surface area contributed by atoms with Crippen LogP contribution in [-0.4, -0.2) is 33.1 Å². The zero-order valence-electron chi connectivity index (χ0n) is 16.5. The summed E-state index contributed by atoms with van der Waals surface area (Å²) in [5.74, 6) is 2.04. The molecule has 2 N–H and O–H groups in total. The van der Waals surface area contributed by atoms with E-state index in [2.05, 4.69) is 20.7 Å². The van der Waals surface area contributed by atoms with Gasteiger partial charge in [-0.05, 0) is 74.0 Å². The van der Waals surface area contributed by atoms with Crippen LogP contribution in [0.3, 0.4) is 0 Å². The molecule has 4 fully saturated rings. The molecule has 0 saturated heterocycles. The number of anilines is 1. The van der Waals surface area contributed by atoms with Crippen molar-refractivity contribution in [2.45, 2.75) is 45.1 Å². The van der Waals surface area contributed by atoms with Gasteiger partial charge in [-0.2, -0.15) is 5.10 Å². The van der Waals surface area contributed by atoms with Gasteiger partial charge in [0.15, 0.2) is 0 Å². The molecule has 4 bridgehead atoms. The first-order chi connectivity index (χ1) is 14.1. The number of benzene rings is 1. The molecule has 6 rings (SSSR count). The molecule has 0 radical (unpaired) electrons. The molecule has 2 aromatic rings. The van der Waals surface area contributed by atoms with Gasteiger partial charge in [-0.1, -0.05) is 12.1 Å². The molecule has 4 aliphatic rings. The number of rotatable bonds is 6. The molecule has 29 heavy (non-hydrogen) atoms. The normalized spacial score (nSPS) is 29.6. The second-order valence-electron chi connectivity index (χ2n) is 9.22. The lowest BCUT2D eigenvalue weighted by molar-refractivity contribution is -0.146. The molecule has 1 aromatic carbocycles. The van der Waals surface area contributed by atoms with Crippen molar-refractivity contribution < 1.29 is 9.59 Å². The molecule has 0 unspecified atom stereocenters. The molecule has 4 aliphatic carbocycles. The maximum atomic E-state index is 13.0. The van der Waals surface area contributed by atoms with Crippen LogP contribution in [-0.2, 0) is 16.1 Å². The summed E-state index contributed by atoms with van der Waals surface area (Å²) in [5, 5.41) is 9.93. The first kappa shape index (κ1) is 18.3. The molecule has 7 nitrogen and oxygen atoms in total. The fourth-order valence-corrected chi connectivity index (χ4v) is 6.19. The van der Waals surface area contributed by atoms with Crippen molar-refractivity contribution in [1.82, 2.24) is 20.1 Å². The molecule has 1 aromatic heterocycles. The number of amides is 2. The Bertz CT molecular complexity index is 872. The predicted molar refractivity (Wildman–Crippen MR) is 108 cm³/mol. The quantitative estimate of drug-likeness (QED) is 0.790. The van der Waals surface area contributed by atoms with Crippen molar-refractivity contribution in [1.29, 1.82) is 0 Å². The van der Waals surface area contributed by atoms with E-state index in [1.54, 1.807) is 11.0 Å². The second-order valence-corrected chi connectivity index (χ2v) is 9.22. The number of carbonyl (C=O) groups excluding carboxylic acids is 2. The van der Waals surface area contributed by atoms with Crippen LogP contribution in [0.5, 0.6) is 0 Å². The van der Waals surface area contributed by atoms with Crippen LogP contribution in [0, 0.1) is 23.2 Å². The van der Waals surface area contributed by atoms with Crippen LogP contribution in [0.15, 0.2) is 36.9 Å². The Morgan fingerprint density at radius 3 is 2.48 bits per heavy atom. The van der Waals surface area contributed by atoms with E-state index in [9.17, 15) is 9.59 Å². The van der Waals surface area contributed by atoms with Crippen molar-refractivity contribution in [3.8, 4) is 0 Å². The van der Waals surface area contributed by atoms with Crippen LogP contribution >= 0.6 is 0 Å². The van der Waals surface area contributed by atoms with Crippen molar-refractivity contribution >= 4 is 17.5 Å². The van der Waals surface area contributed by atoms with Gasteiger partial charge in [-0.15, -0.1) is 0 Å². The zero-order valence-corrected chi connectivity index (χ0v) is 16.5. The lowest BCUT2D eigenvalue weighted by atomic mass is 9.49. The molecule has 1 heterocycles. The number of nitrogens with zero attached hydrogens (tertiary/aromatic N) is 3. The highest BCUT2D eigenvalue weighted by molar-refractivity contribution is 5.95. The Kier molecular flexibility index (Phi) is 4.60.